The van der Waals surface area contributed by atoms with Crippen LogP contribution in [-0.2, 0) is 9.84 Å². The van der Waals surface area contributed by atoms with Crippen LogP contribution in [0.3, 0.4) is 0 Å². The lowest BCUT2D eigenvalue weighted by atomic mass is 10.1. The first-order valence-corrected chi connectivity index (χ1v) is 10.2. The minimum Gasteiger partial charge on any atom is -0.495 e. The number of nitrogens with two attached hydrogens (primary N) is 1. The fourth-order valence-electron chi connectivity index (χ4n) is 3.00. The van der Waals surface area contributed by atoms with E-state index in [9.17, 15) is 13.7 Å². The van der Waals surface area contributed by atoms with E-state index in [4.69, 9.17) is 15.2 Å². The second kappa shape index (κ2) is 6.97. The Bertz CT molecular complexity index is 1250. The van der Waals surface area contributed by atoms with Crippen LogP contribution in [0, 0.1) is 11.3 Å². The lowest BCUT2D eigenvalue weighted by Gasteiger charge is -2.21. The van der Waals surface area contributed by atoms with Crippen LogP contribution in [0.4, 0.5) is 5.69 Å². The molecule has 2 aromatic heterocycles. The molecule has 0 atom stereocenters. The lowest BCUT2D eigenvalue weighted by Crippen LogP contribution is -2.28. The van der Waals surface area contributed by atoms with Crippen molar-refractivity contribution in [2.45, 2.75) is 30.4 Å². The number of nitriles is 1. The average molecular weight is 414 g/mol. The van der Waals surface area contributed by atoms with Gasteiger partial charge in [0.05, 0.1) is 42.1 Å². The van der Waals surface area contributed by atoms with Crippen molar-refractivity contribution in [3.63, 3.8) is 0 Å². The second-order valence-corrected chi connectivity index (χ2v) is 10.1. The first-order valence-electron chi connectivity index (χ1n) is 8.73. The zero-order valence-electron chi connectivity index (χ0n) is 16.8. The Kier molecular flexibility index (Phi) is 4.92. The molecule has 0 unspecified atom stereocenters. The molecule has 0 bridgehead atoms. The third-order valence-corrected chi connectivity index (χ3v) is 7.13. The molecule has 0 aliphatic heterocycles. The molecule has 8 nitrogen and oxygen atoms in total. The largest absolute Gasteiger partial charge is 0.495 e. The number of nitrogens with zero attached hydrogens (tertiary/aromatic N) is 3. The zero-order chi connectivity index (χ0) is 21.6. The van der Waals surface area contributed by atoms with Gasteiger partial charge in [0.2, 0.25) is 0 Å². The van der Waals surface area contributed by atoms with Crippen LogP contribution in [0.1, 0.15) is 26.3 Å². The first kappa shape index (κ1) is 20.5. The van der Waals surface area contributed by atoms with E-state index >= 15 is 0 Å². The molecule has 0 saturated carbocycles. The number of ether oxygens (including phenoxy) is 2. The number of hydrogen-bond acceptors (Lipinski definition) is 7. The van der Waals surface area contributed by atoms with E-state index in [2.05, 4.69) is 11.1 Å². The molecule has 0 aliphatic carbocycles. The summed E-state index contributed by atoms with van der Waals surface area (Å²) in [6.07, 6.45) is 3.08. The number of anilines is 1. The Balaban J connectivity index is 2.32. The Hall–Kier alpha value is -3.25. The molecule has 3 aromatic rings. The van der Waals surface area contributed by atoms with Crippen molar-refractivity contribution in [1.29, 1.82) is 5.26 Å². The summed E-state index contributed by atoms with van der Waals surface area (Å²) in [5, 5.41) is 9.41. The van der Waals surface area contributed by atoms with Crippen molar-refractivity contribution in [3.8, 4) is 28.8 Å². The van der Waals surface area contributed by atoms with Gasteiger partial charge in [0.15, 0.2) is 15.6 Å². The minimum atomic E-state index is -3.69. The topological polar surface area (TPSA) is 120 Å². The number of sulfone groups is 1. The summed E-state index contributed by atoms with van der Waals surface area (Å²) in [5.41, 5.74) is 8.30. The predicted molar refractivity (Wildman–Crippen MR) is 110 cm³/mol. The van der Waals surface area contributed by atoms with Gasteiger partial charge in [0.1, 0.15) is 22.4 Å². The van der Waals surface area contributed by atoms with Crippen LogP contribution in [0.2, 0.25) is 0 Å². The number of rotatable bonds is 4. The third-order valence-electron chi connectivity index (χ3n) is 4.63. The summed E-state index contributed by atoms with van der Waals surface area (Å²) in [6.45, 7) is 4.89. The molecule has 9 heteroatoms. The Morgan fingerprint density at radius 2 is 1.86 bits per heavy atom. The van der Waals surface area contributed by atoms with E-state index in [0.717, 1.165) is 0 Å². The molecule has 0 fully saturated rings. The maximum absolute atomic E-state index is 13.1. The summed E-state index contributed by atoms with van der Waals surface area (Å²) >= 11 is 0. The molecule has 0 saturated heterocycles. The van der Waals surface area contributed by atoms with Gasteiger partial charge in [-0.3, -0.25) is 4.40 Å². The summed E-state index contributed by atoms with van der Waals surface area (Å²) in [5.74, 6) is 0.513. The highest BCUT2D eigenvalue weighted by molar-refractivity contribution is 7.92. The van der Waals surface area contributed by atoms with E-state index in [1.54, 1.807) is 49.6 Å². The molecule has 1 aromatic carbocycles. The van der Waals surface area contributed by atoms with Gasteiger partial charge in [-0.1, -0.05) is 0 Å². The Labute approximate surface area is 169 Å². The van der Waals surface area contributed by atoms with Gasteiger partial charge in [0.25, 0.3) is 0 Å². The Morgan fingerprint density at radius 3 is 2.41 bits per heavy atom. The van der Waals surface area contributed by atoms with Gasteiger partial charge >= 0.3 is 0 Å². The summed E-state index contributed by atoms with van der Waals surface area (Å²) in [6, 6.07) is 6.91. The van der Waals surface area contributed by atoms with E-state index in [0.29, 0.717) is 28.3 Å². The second-order valence-electron chi connectivity index (χ2n) is 7.45. The predicted octanol–water partition coefficient (Wildman–Crippen LogP) is 3.04. The minimum absolute atomic E-state index is 0.0567. The van der Waals surface area contributed by atoms with Crippen LogP contribution in [0.5, 0.6) is 11.5 Å². The number of aromatic nitrogens is 2. The number of fused-ring (bicyclic) bond motifs is 1. The number of imidazole rings is 1. The van der Waals surface area contributed by atoms with Gasteiger partial charge in [-0.25, -0.2) is 13.4 Å². The number of benzene rings is 1. The molecule has 29 heavy (non-hydrogen) atoms. The van der Waals surface area contributed by atoms with Gasteiger partial charge in [-0.15, -0.1) is 0 Å². The lowest BCUT2D eigenvalue weighted by molar-refractivity contribution is 0.401. The fraction of sp³-hybridized carbons (Fsp3) is 0.300. The van der Waals surface area contributed by atoms with E-state index in [1.165, 1.54) is 20.4 Å². The molecule has 2 N–H and O–H groups in total. The standard InChI is InChI=1S/C20H22N4O4S/c1-20(2,3)29(25,26)17-11-24-15(10-23-18(24)8-16(17)27-4)12-6-13(9-21)19(28-5)14(22)7-12/h6-8,10-11H,22H2,1-5H3. The van der Waals surface area contributed by atoms with Crippen molar-refractivity contribution in [2.24, 2.45) is 0 Å². The van der Waals surface area contributed by atoms with Crippen molar-refractivity contribution in [2.75, 3.05) is 20.0 Å². The van der Waals surface area contributed by atoms with Gasteiger partial charge in [-0.2, -0.15) is 5.26 Å². The molecular weight excluding hydrogens is 392 g/mol. The highest BCUT2D eigenvalue weighted by Gasteiger charge is 2.34. The summed E-state index contributed by atoms with van der Waals surface area (Å²) in [7, 11) is -0.832. The third kappa shape index (κ3) is 3.25. The fourth-order valence-corrected chi connectivity index (χ4v) is 4.31. The highest BCUT2D eigenvalue weighted by atomic mass is 32.2. The average Bonchev–Trinajstić information content (AvgIpc) is 3.08. The number of pyridine rings is 1. The highest BCUT2D eigenvalue weighted by Crippen LogP contribution is 2.36. The van der Waals surface area contributed by atoms with Crippen LogP contribution < -0.4 is 15.2 Å². The first-order chi connectivity index (χ1) is 13.5. The zero-order valence-corrected chi connectivity index (χ0v) is 17.7. The molecule has 0 aliphatic rings. The van der Waals surface area contributed by atoms with Gasteiger partial charge < -0.3 is 15.2 Å². The van der Waals surface area contributed by atoms with Gasteiger partial charge in [0, 0.05) is 17.8 Å². The molecule has 3 rings (SSSR count). The summed E-state index contributed by atoms with van der Waals surface area (Å²) in [4.78, 5) is 4.41. The molecule has 0 radical (unpaired) electrons. The van der Waals surface area contributed by atoms with Gasteiger partial charge in [-0.05, 0) is 32.9 Å². The number of nitrogen functional groups attached to an aromatic ring is 1. The molecule has 2 heterocycles. The van der Waals surface area contributed by atoms with E-state index < -0.39 is 14.6 Å². The van der Waals surface area contributed by atoms with E-state index in [-0.39, 0.29) is 16.2 Å². The van der Waals surface area contributed by atoms with Crippen molar-refractivity contribution in [1.82, 2.24) is 9.38 Å². The quantitative estimate of drug-likeness (QED) is 0.652. The maximum Gasteiger partial charge on any atom is 0.188 e. The summed E-state index contributed by atoms with van der Waals surface area (Å²) < 4.78 is 37.3. The maximum atomic E-state index is 13.1. The van der Waals surface area contributed by atoms with Crippen LogP contribution in [0.25, 0.3) is 16.9 Å². The monoisotopic (exact) mass is 414 g/mol. The normalized spacial score (nSPS) is 12.0. The SMILES string of the molecule is COc1cc2ncc(-c3cc(N)c(OC)c(C#N)c3)n2cc1S(=O)(=O)C(C)(C)C. The van der Waals surface area contributed by atoms with Crippen molar-refractivity contribution < 1.29 is 17.9 Å². The molecule has 152 valence electrons. The Morgan fingerprint density at radius 1 is 1.17 bits per heavy atom. The van der Waals surface area contributed by atoms with Crippen LogP contribution >= 0.6 is 0 Å². The smallest absolute Gasteiger partial charge is 0.188 e. The van der Waals surface area contributed by atoms with Crippen molar-refractivity contribution >= 4 is 21.2 Å². The molecule has 0 spiro atoms. The van der Waals surface area contributed by atoms with Crippen LogP contribution in [-0.4, -0.2) is 36.8 Å². The van der Waals surface area contributed by atoms with Crippen molar-refractivity contribution in [3.05, 3.63) is 36.2 Å². The van der Waals surface area contributed by atoms with Crippen LogP contribution in [0.15, 0.2) is 35.5 Å². The van der Waals surface area contributed by atoms with E-state index in [1.807, 2.05) is 0 Å². The number of hydrogen-bond donors (Lipinski definition) is 1. The molecule has 0 amide bonds. The number of methoxy groups -OCH3 is 2. The molecular formula is C20H22N4O4S.